The van der Waals surface area contributed by atoms with E-state index in [1.165, 1.54) is 6.07 Å². The Kier molecular flexibility index (Phi) is 4.55. The van der Waals surface area contributed by atoms with E-state index in [1.807, 2.05) is 11.8 Å². The molecular formula is C15H18FN3OS. The van der Waals surface area contributed by atoms with Crippen LogP contribution in [0.3, 0.4) is 0 Å². The Morgan fingerprint density at radius 2 is 2.24 bits per heavy atom. The summed E-state index contributed by atoms with van der Waals surface area (Å²) in [6.07, 6.45) is 1.10. The molecule has 0 spiro atoms. The summed E-state index contributed by atoms with van der Waals surface area (Å²) in [4.78, 5) is 4.41. The van der Waals surface area contributed by atoms with Crippen LogP contribution in [-0.4, -0.2) is 34.2 Å². The Morgan fingerprint density at radius 1 is 1.38 bits per heavy atom. The lowest BCUT2D eigenvalue weighted by atomic mass is 10.0. The molecule has 2 atom stereocenters. The van der Waals surface area contributed by atoms with Crippen molar-refractivity contribution in [2.75, 3.05) is 18.1 Å². The SMILES string of the molecule is CCCNC1CSCC1c1nc(-c2ccccc2F)no1. The van der Waals surface area contributed by atoms with Crippen molar-refractivity contribution in [3.63, 3.8) is 0 Å². The van der Waals surface area contributed by atoms with E-state index in [9.17, 15) is 4.39 Å². The number of benzene rings is 1. The summed E-state index contributed by atoms with van der Waals surface area (Å²) in [6, 6.07) is 6.84. The second-order valence-corrected chi connectivity index (χ2v) is 6.22. The number of hydrogen-bond donors (Lipinski definition) is 1. The van der Waals surface area contributed by atoms with Crippen molar-refractivity contribution in [1.29, 1.82) is 0 Å². The molecule has 2 aromatic rings. The van der Waals surface area contributed by atoms with E-state index in [2.05, 4.69) is 22.4 Å². The Labute approximate surface area is 127 Å². The van der Waals surface area contributed by atoms with Gasteiger partial charge in [0.2, 0.25) is 11.7 Å². The molecule has 0 aliphatic carbocycles. The molecule has 0 saturated carbocycles. The lowest BCUT2D eigenvalue weighted by Gasteiger charge is -2.16. The fourth-order valence-corrected chi connectivity index (χ4v) is 3.84. The molecule has 2 unspecified atom stereocenters. The molecule has 1 N–H and O–H groups in total. The Balaban J connectivity index is 1.80. The highest BCUT2D eigenvalue weighted by Crippen LogP contribution is 2.33. The molecule has 1 aromatic heterocycles. The van der Waals surface area contributed by atoms with Gasteiger partial charge >= 0.3 is 0 Å². The molecule has 1 fully saturated rings. The maximum absolute atomic E-state index is 13.8. The van der Waals surface area contributed by atoms with Crippen LogP contribution < -0.4 is 5.32 Å². The molecule has 0 bridgehead atoms. The van der Waals surface area contributed by atoms with Crippen molar-refractivity contribution >= 4 is 11.8 Å². The first-order valence-corrected chi connectivity index (χ1v) is 8.34. The molecule has 1 aliphatic heterocycles. The van der Waals surface area contributed by atoms with Crippen LogP contribution in [0.4, 0.5) is 4.39 Å². The Hall–Kier alpha value is -1.40. The van der Waals surface area contributed by atoms with E-state index in [1.54, 1.807) is 18.2 Å². The standard InChI is InChI=1S/C15H18FN3OS/c1-2-7-17-13-9-21-8-11(13)15-18-14(19-20-15)10-5-3-4-6-12(10)16/h3-6,11,13,17H,2,7-9H2,1H3. The average Bonchev–Trinajstić information content (AvgIpc) is 3.14. The first kappa shape index (κ1) is 14.5. The predicted octanol–water partition coefficient (Wildman–Crippen LogP) is 3.07. The highest BCUT2D eigenvalue weighted by molar-refractivity contribution is 7.99. The van der Waals surface area contributed by atoms with Gasteiger partial charge in [-0.3, -0.25) is 0 Å². The van der Waals surface area contributed by atoms with Crippen LogP contribution in [0.15, 0.2) is 28.8 Å². The monoisotopic (exact) mass is 307 g/mol. The molecule has 0 amide bonds. The fourth-order valence-electron chi connectivity index (χ4n) is 2.47. The third-order valence-corrected chi connectivity index (χ3v) is 4.80. The summed E-state index contributed by atoms with van der Waals surface area (Å²) in [5, 5.41) is 7.46. The van der Waals surface area contributed by atoms with E-state index in [4.69, 9.17) is 4.52 Å². The highest BCUT2D eigenvalue weighted by Gasteiger charge is 2.33. The van der Waals surface area contributed by atoms with Gasteiger partial charge in [-0.15, -0.1) is 0 Å². The summed E-state index contributed by atoms with van der Waals surface area (Å²) in [6.45, 7) is 3.13. The zero-order chi connectivity index (χ0) is 14.7. The van der Waals surface area contributed by atoms with Crippen LogP contribution in [0, 0.1) is 5.82 Å². The Morgan fingerprint density at radius 3 is 3.05 bits per heavy atom. The number of aromatic nitrogens is 2. The van der Waals surface area contributed by atoms with Crippen molar-refractivity contribution in [2.24, 2.45) is 0 Å². The molecule has 21 heavy (non-hydrogen) atoms. The van der Waals surface area contributed by atoms with Crippen LogP contribution in [0.25, 0.3) is 11.4 Å². The summed E-state index contributed by atoms with van der Waals surface area (Å²) < 4.78 is 19.2. The van der Waals surface area contributed by atoms with E-state index >= 15 is 0 Å². The number of halogens is 1. The largest absolute Gasteiger partial charge is 0.339 e. The van der Waals surface area contributed by atoms with Gasteiger partial charge < -0.3 is 9.84 Å². The lowest BCUT2D eigenvalue weighted by molar-refractivity contribution is 0.339. The van der Waals surface area contributed by atoms with Gasteiger partial charge in [-0.1, -0.05) is 24.2 Å². The maximum atomic E-state index is 13.8. The van der Waals surface area contributed by atoms with Gasteiger partial charge in [0.1, 0.15) is 5.82 Å². The number of thioether (sulfide) groups is 1. The van der Waals surface area contributed by atoms with Crippen LogP contribution in [-0.2, 0) is 0 Å². The maximum Gasteiger partial charge on any atom is 0.232 e. The van der Waals surface area contributed by atoms with Gasteiger partial charge in [0, 0.05) is 17.5 Å². The minimum atomic E-state index is -0.327. The topological polar surface area (TPSA) is 51.0 Å². The quantitative estimate of drug-likeness (QED) is 0.920. The molecule has 4 nitrogen and oxygen atoms in total. The van der Waals surface area contributed by atoms with Crippen molar-refractivity contribution < 1.29 is 8.91 Å². The van der Waals surface area contributed by atoms with Crippen molar-refractivity contribution in [2.45, 2.75) is 25.3 Å². The predicted molar refractivity (Wildman–Crippen MR) is 81.8 cm³/mol. The zero-order valence-electron chi connectivity index (χ0n) is 11.9. The van der Waals surface area contributed by atoms with E-state index < -0.39 is 0 Å². The molecule has 2 heterocycles. The number of nitrogens with one attached hydrogen (secondary N) is 1. The van der Waals surface area contributed by atoms with Gasteiger partial charge in [-0.25, -0.2) is 4.39 Å². The molecule has 1 aliphatic rings. The normalized spacial score (nSPS) is 21.8. The molecule has 6 heteroatoms. The summed E-state index contributed by atoms with van der Waals surface area (Å²) in [5.41, 5.74) is 0.385. The highest BCUT2D eigenvalue weighted by atomic mass is 32.2. The third-order valence-electron chi connectivity index (χ3n) is 3.61. The first-order valence-electron chi connectivity index (χ1n) is 7.19. The summed E-state index contributed by atoms with van der Waals surface area (Å²) in [7, 11) is 0. The van der Waals surface area contributed by atoms with Crippen LogP contribution in [0.2, 0.25) is 0 Å². The van der Waals surface area contributed by atoms with Crippen LogP contribution in [0.5, 0.6) is 0 Å². The number of hydrogen-bond acceptors (Lipinski definition) is 5. The third kappa shape index (κ3) is 3.11. The van der Waals surface area contributed by atoms with Crippen LogP contribution in [0.1, 0.15) is 25.2 Å². The number of nitrogens with zero attached hydrogens (tertiary/aromatic N) is 2. The second-order valence-electron chi connectivity index (χ2n) is 5.14. The minimum absolute atomic E-state index is 0.203. The van der Waals surface area contributed by atoms with Gasteiger partial charge in [0.05, 0.1) is 11.5 Å². The summed E-state index contributed by atoms with van der Waals surface area (Å²) in [5.74, 6) is 2.81. The summed E-state index contributed by atoms with van der Waals surface area (Å²) >= 11 is 1.88. The van der Waals surface area contributed by atoms with E-state index in [0.29, 0.717) is 23.3 Å². The first-order chi connectivity index (χ1) is 10.3. The Bertz CT molecular complexity index is 604. The van der Waals surface area contributed by atoms with Crippen molar-refractivity contribution in [3.8, 4) is 11.4 Å². The molecular weight excluding hydrogens is 289 g/mol. The second kappa shape index (κ2) is 6.58. The molecule has 1 saturated heterocycles. The lowest BCUT2D eigenvalue weighted by Crippen LogP contribution is -2.34. The average molecular weight is 307 g/mol. The van der Waals surface area contributed by atoms with Gasteiger partial charge in [0.15, 0.2) is 0 Å². The van der Waals surface area contributed by atoms with E-state index in [0.717, 1.165) is 24.5 Å². The molecule has 1 aromatic carbocycles. The van der Waals surface area contributed by atoms with Gasteiger partial charge in [-0.05, 0) is 25.1 Å². The van der Waals surface area contributed by atoms with Crippen molar-refractivity contribution in [1.82, 2.24) is 15.5 Å². The zero-order valence-corrected chi connectivity index (χ0v) is 12.7. The van der Waals surface area contributed by atoms with E-state index in [-0.39, 0.29) is 11.7 Å². The van der Waals surface area contributed by atoms with Gasteiger partial charge in [-0.2, -0.15) is 16.7 Å². The van der Waals surface area contributed by atoms with Crippen LogP contribution >= 0.6 is 11.8 Å². The minimum Gasteiger partial charge on any atom is -0.339 e. The van der Waals surface area contributed by atoms with Crippen molar-refractivity contribution in [3.05, 3.63) is 36.0 Å². The smallest absolute Gasteiger partial charge is 0.232 e. The van der Waals surface area contributed by atoms with Gasteiger partial charge in [0.25, 0.3) is 0 Å². The fraction of sp³-hybridized carbons (Fsp3) is 0.467. The molecule has 112 valence electrons. The molecule has 3 rings (SSSR count). The molecule has 0 radical (unpaired) electrons. The number of rotatable bonds is 5.